The molecule has 1 aliphatic rings. The van der Waals surface area contributed by atoms with Gasteiger partial charge in [-0.3, -0.25) is 10.1 Å². The van der Waals surface area contributed by atoms with Crippen molar-refractivity contribution in [2.45, 2.75) is 19.4 Å². The van der Waals surface area contributed by atoms with E-state index in [4.69, 9.17) is 10.2 Å². The van der Waals surface area contributed by atoms with Crippen LogP contribution in [-0.4, -0.2) is 11.5 Å². The lowest BCUT2D eigenvalue weighted by Crippen LogP contribution is -2.29. The third-order valence-corrected chi connectivity index (χ3v) is 3.56. The molecule has 0 spiro atoms. The number of nitrogens with two attached hydrogens (primary N) is 1. The Morgan fingerprint density at radius 1 is 1.35 bits per heavy atom. The highest BCUT2D eigenvalue weighted by atomic mass is 16.6. The largest absolute Gasteiger partial charge is 0.433 e. The molecule has 0 radical (unpaired) electrons. The summed E-state index contributed by atoms with van der Waals surface area (Å²) < 4.78 is 5.22. The third kappa shape index (κ3) is 2.20. The van der Waals surface area contributed by atoms with Gasteiger partial charge in [-0.15, -0.1) is 0 Å². The molecule has 6 nitrogen and oxygen atoms in total. The molecule has 1 aromatic carbocycles. The molecule has 0 saturated carbocycles. The first kappa shape index (κ1) is 12.5. The maximum Gasteiger partial charge on any atom is 0.433 e. The number of furan rings is 1. The Hall–Kier alpha value is -2.50. The molecule has 0 atom stereocenters. The summed E-state index contributed by atoms with van der Waals surface area (Å²) >= 11 is 0. The molecule has 0 saturated heterocycles. The van der Waals surface area contributed by atoms with Crippen LogP contribution in [0.3, 0.4) is 0 Å². The van der Waals surface area contributed by atoms with Gasteiger partial charge in [-0.05, 0) is 36.6 Å². The Morgan fingerprint density at radius 3 is 2.95 bits per heavy atom. The number of hydrogen-bond donors (Lipinski definition) is 1. The summed E-state index contributed by atoms with van der Waals surface area (Å²) in [6.07, 6.45) is 1.99. The van der Waals surface area contributed by atoms with Gasteiger partial charge in [-0.25, -0.2) is 0 Å². The summed E-state index contributed by atoms with van der Waals surface area (Å²) in [5.41, 5.74) is 9.05. The highest BCUT2D eigenvalue weighted by molar-refractivity contribution is 5.66. The normalized spacial score (nSPS) is 14.1. The summed E-state index contributed by atoms with van der Waals surface area (Å²) in [5.74, 6) is 0.372. The van der Waals surface area contributed by atoms with Crippen molar-refractivity contribution < 1.29 is 9.34 Å². The highest BCUT2D eigenvalue weighted by Crippen LogP contribution is 2.32. The average molecular weight is 273 g/mol. The second-order valence-electron chi connectivity index (χ2n) is 4.87. The van der Waals surface area contributed by atoms with Crippen LogP contribution in [0, 0.1) is 10.1 Å². The van der Waals surface area contributed by atoms with Gasteiger partial charge in [0.05, 0.1) is 12.6 Å². The number of fused-ring (bicyclic) bond motifs is 1. The minimum Gasteiger partial charge on any atom is -0.404 e. The average Bonchev–Trinajstić information content (AvgIpc) is 2.89. The lowest BCUT2D eigenvalue weighted by atomic mass is 10.00. The molecule has 2 heterocycles. The van der Waals surface area contributed by atoms with E-state index in [9.17, 15) is 10.1 Å². The molecule has 2 aromatic rings. The zero-order valence-corrected chi connectivity index (χ0v) is 10.9. The fraction of sp³-hybridized carbons (Fsp3) is 0.286. The number of hydrogen-bond acceptors (Lipinski definition) is 5. The Kier molecular flexibility index (Phi) is 3.06. The van der Waals surface area contributed by atoms with E-state index in [0.717, 1.165) is 36.3 Å². The van der Waals surface area contributed by atoms with Crippen LogP contribution in [0.25, 0.3) is 0 Å². The quantitative estimate of drug-likeness (QED) is 0.528. The molecule has 1 aromatic heterocycles. The number of rotatable bonds is 3. The second-order valence-corrected chi connectivity index (χ2v) is 4.87. The predicted molar refractivity (Wildman–Crippen MR) is 75.6 cm³/mol. The molecule has 2 N–H and O–H groups in total. The van der Waals surface area contributed by atoms with Crippen molar-refractivity contribution in [3.05, 3.63) is 51.8 Å². The van der Waals surface area contributed by atoms with Crippen molar-refractivity contribution in [1.82, 2.24) is 0 Å². The molecule has 0 aliphatic carbocycles. The molecule has 104 valence electrons. The zero-order valence-electron chi connectivity index (χ0n) is 10.9. The van der Waals surface area contributed by atoms with Crippen LogP contribution in [0.5, 0.6) is 0 Å². The van der Waals surface area contributed by atoms with Crippen LogP contribution >= 0.6 is 0 Å². The van der Waals surface area contributed by atoms with Crippen molar-refractivity contribution >= 4 is 17.3 Å². The SMILES string of the molecule is Nc1cccc2c1CCCN2Cc1ccc([N+](=O)[O-])o1. The fourth-order valence-corrected chi connectivity index (χ4v) is 2.63. The second kappa shape index (κ2) is 4.88. The van der Waals surface area contributed by atoms with Gasteiger partial charge in [0.25, 0.3) is 0 Å². The van der Waals surface area contributed by atoms with Gasteiger partial charge in [-0.2, -0.15) is 0 Å². The summed E-state index contributed by atoms with van der Waals surface area (Å²) in [7, 11) is 0. The van der Waals surface area contributed by atoms with E-state index in [2.05, 4.69) is 4.90 Å². The smallest absolute Gasteiger partial charge is 0.404 e. The number of nitrogen functional groups attached to an aromatic ring is 1. The summed E-state index contributed by atoms with van der Waals surface area (Å²) in [6, 6.07) is 8.90. The number of nitrogens with zero attached hydrogens (tertiary/aromatic N) is 2. The molecule has 0 fully saturated rings. The Labute approximate surface area is 115 Å². The van der Waals surface area contributed by atoms with Gasteiger partial charge in [0.2, 0.25) is 0 Å². The summed E-state index contributed by atoms with van der Waals surface area (Å²) in [6.45, 7) is 1.41. The summed E-state index contributed by atoms with van der Waals surface area (Å²) in [5, 5.41) is 10.6. The van der Waals surface area contributed by atoms with E-state index in [1.54, 1.807) is 6.07 Å². The van der Waals surface area contributed by atoms with Crippen LogP contribution in [0.15, 0.2) is 34.7 Å². The zero-order chi connectivity index (χ0) is 14.1. The minimum absolute atomic E-state index is 0.218. The molecular formula is C14H15N3O3. The van der Waals surface area contributed by atoms with E-state index in [1.807, 2.05) is 18.2 Å². The van der Waals surface area contributed by atoms with Gasteiger partial charge >= 0.3 is 5.88 Å². The van der Waals surface area contributed by atoms with Crippen LogP contribution in [0.4, 0.5) is 17.3 Å². The lowest BCUT2D eigenvalue weighted by molar-refractivity contribution is -0.402. The number of benzene rings is 1. The highest BCUT2D eigenvalue weighted by Gasteiger charge is 2.20. The third-order valence-electron chi connectivity index (χ3n) is 3.56. The first-order chi connectivity index (χ1) is 9.65. The van der Waals surface area contributed by atoms with Crippen molar-refractivity contribution in [2.24, 2.45) is 0 Å². The number of anilines is 2. The molecule has 6 heteroatoms. The maximum absolute atomic E-state index is 10.6. The minimum atomic E-state index is -0.522. The van der Waals surface area contributed by atoms with Crippen LogP contribution in [0.2, 0.25) is 0 Å². The number of nitro groups is 1. The fourth-order valence-electron chi connectivity index (χ4n) is 2.63. The predicted octanol–water partition coefficient (Wildman–Crippen LogP) is 2.72. The van der Waals surface area contributed by atoms with Gasteiger partial charge in [0.15, 0.2) is 0 Å². The van der Waals surface area contributed by atoms with E-state index >= 15 is 0 Å². The Bertz CT molecular complexity index is 651. The van der Waals surface area contributed by atoms with Crippen molar-refractivity contribution in [3.8, 4) is 0 Å². The molecule has 3 rings (SSSR count). The topological polar surface area (TPSA) is 85.5 Å². The first-order valence-corrected chi connectivity index (χ1v) is 6.50. The van der Waals surface area contributed by atoms with Gasteiger partial charge < -0.3 is 15.1 Å². The van der Waals surface area contributed by atoms with Crippen LogP contribution < -0.4 is 10.6 Å². The molecule has 20 heavy (non-hydrogen) atoms. The first-order valence-electron chi connectivity index (χ1n) is 6.50. The van der Waals surface area contributed by atoms with Crippen molar-refractivity contribution in [1.29, 1.82) is 0 Å². The molecular weight excluding hydrogens is 258 g/mol. The summed E-state index contributed by atoms with van der Waals surface area (Å²) in [4.78, 5) is 12.3. The van der Waals surface area contributed by atoms with Gasteiger partial charge in [-0.1, -0.05) is 6.07 Å². The molecule has 1 aliphatic heterocycles. The Balaban J connectivity index is 1.85. The van der Waals surface area contributed by atoms with E-state index < -0.39 is 4.92 Å². The van der Waals surface area contributed by atoms with Crippen LogP contribution in [-0.2, 0) is 13.0 Å². The standard InChI is InChI=1S/C14H15N3O3/c15-12-4-1-5-13-11(12)3-2-8-16(13)9-10-6-7-14(20-10)17(18)19/h1,4-7H,2-3,8-9,15H2. The van der Waals surface area contributed by atoms with Crippen molar-refractivity contribution in [2.75, 3.05) is 17.2 Å². The van der Waals surface area contributed by atoms with E-state index in [1.165, 1.54) is 6.07 Å². The van der Waals surface area contributed by atoms with E-state index in [0.29, 0.717) is 12.3 Å². The van der Waals surface area contributed by atoms with Crippen LogP contribution in [0.1, 0.15) is 17.7 Å². The maximum atomic E-state index is 10.6. The van der Waals surface area contributed by atoms with E-state index in [-0.39, 0.29) is 5.88 Å². The lowest BCUT2D eigenvalue weighted by Gasteiger charge is -2.31. The monoisotopic (exact) mass is 273 g/mol. The molecule has 0 unspecified atom stereocenters. The molecule has 0 amide bonds. The molecule has 0 bridgehead atoms. The van der Waals surface area contributed by atoms with Crippen molar-refractivity contribution in [3.63, 3.8) is 0 Å². The van der Waals surface area contributed by atoms with Gasteiger partial charge in [0, 0.05) is 17.9 Å². The van der Waals surface area contributed by atoms with Gasteiger partial charge in [0.1, 0.15) is 10.7 Å². The Morgan fingerprint density at radius 2 is 2.20 bits per heavy atom.